The summed E-state index contributed by atoms with van der Waals surface area (Å²) in [6.45, 7) is 11.0. The molecule has 0 bridgehead atoms. The van der Waals surface area contributed by atoms with E-state index in [-0.39, 0.29) is 0 Å². The van der Waals surface area contributed by atoms with Crippen molar-refractivity contribution in [3.8, 4) is 0 Å². The third kappa shape index (κ3) is 3.25. The molecule has 1 aromatic rings. The molecule has 4 nitrogen and oxygen atoms in total. The van der Waals surface area contributed by atoms with Gasteiger partial charge in [0, 0.05) is 38.1 Å². The van der Waals surface area contributed by atoms with Crippen LogP contribution in [0.5, 0.6) is 0 Å². The maximum Gasteiger partial charge on any atom is 0.205 e. The van der Waals surface area contributed by atoms with Crippen LogP contribution in [0.2, 0.25) is 0 Å². The van der Waals surface area contributed by atoms with Crippen molar-refractivity contribution < 1.29 is 0 Å². The normalized spacial score (nSPS) is 20.7. The molecular weight excluding hydrogens is 224 g/mol. The van der Waals surface area contributed by atoms with E-state index in [2.05, 4.69) is 46.7 Å². The fraction of sp³-hybridized carbons (Fsp3) is 0.786. The van der Waals surface area contributed by atoms with Gasteiger partial charge in [-0.1, -0.05) is 13.8 Å². The summed E-state index contributed by atoms with van der Waals surface area (Å²) in [5.74, 6) is 1.90. The second-order valence-corrected chi connectivity index (χ2v) is 5.53. The van der Waals surface area contributed by atoms with E-state index < -0.39 is 0 Å². The van der Waals surface area contributed by atoms with Gasteiger partial charge in [0.15, 0.2) is 0 Å². The molecule has 0 radical (unpaired) electrons. The molecule has 1 aliphatic heterocycles. The average molecular weight is 250 g/mol. The zero-order valence-electron chi connectivity index (χ0n) is 11.9. The van der Waals surface area contributed by atoms with Crippen LogP contribution in [0.15, 0.2) is 12.4 Å². The topological polar surface area (TPSA) is 33.1 Å². The largest absolute Gasteiger partial charge is 0.342 e. The highest BCUT2D eigenvalue weighted by Crippen LogP contribution is 2.21. The zero-order valence-corrected chi connectivity index (χ0v) is 11.9. The third-order valence-corrected chi connectivity index (χ3v) is 3.65. The number of aromatic nitrogens is 2. The number of nitrogens with zero attached hydrogens (tertiary/aromatic N) is 3. The van der Waals surface area contributed by atoms with Gasteiger partial charge in [0.05, 0.1) is 0 Å². The predicted octanol–water partition coefficient (Wildman–Crippen LogP) is 2.12. The van der Waals surface area contributed by atoms with Gasteiger partial charge in [-0.25, -0.2) is 4.98 Å². The van der Waals surface area contributed by atoms with Crippen molar-refractivity contribution in [3.05, 3.63) is 12.4 Å². The highest BCUT2D eigenvalue weighted by atomic mass is 15.3. The van der Waals surface area contributed by atoms with Gasteiger partial charge in [-0.15, -0.1) is 0 Å². The van der Waals surface area contributed by atoms with Crippen molar-refractivity contribution in [3.63, 3.8) is 0 Å². The molecule has 1 aromatic heterocycles. The van der Waals surface area contributed by atoms with Crippen molar-refractivity contribution in [2.24, 2.45) is 5.92 Å². The molecule has 1 fully saturated rings. The lowest BCUT2D eigenvalue weighted by atomic mass is 9.98. The third-order valence-electron chi connectivity index (χ3n) is 3.65. The Labute approximate surface area is 110 Å². The van der Waals surface area contributed by atoms with Gasteiger partial charge in [-0.05, 0) is 32.2 Å². The van der Waals surface area contributed by atoms with Gasteiger partial charge in [0.2, 0.25) is 5.95 Å². The van der Waals surface area contributed by atoms with Gasteiger partial charge in [-0.2, -0.15) is 0 Å². The molecule has 0 saturated carbocycles. The summed E-state index contributed by atoms with van der Waals surface area (Å²) in [4.78, 5) is 6.95. The molecule has 2 rings (SSSR count). The molecule has 0 aromatic carbocycles. The van der Waals surface area contributed by atoms with Crippen LogP contribution in [-0.4, -0.2) is 35.2 Å². The Morgan fingerprint density at radius 3 is 3.06 bits per heavy atom. The van der Waals surface area contributed by atoms with E-state index in [1.54, 1.807) is 0 Å². The van der Waals surface area contributed by atoms with Crippen molar-refractivity contribution in [1.29, 1.82) is 0 Å². The highest BCUT2D eigenvalue weighted by Gasteiger charge is 2.22. The maximum atomic E-state index is 4.51. The van der Waals surface area contributed by atoms with Gasteiger partial charge in [0.25, 0.3) is 0 Å². The average Bonchev–Trinajstić information content (AvgIpc) is 2.85. The summed E-state index contributed by atoms with van der Waals surface area (Å²) in [5, 5.41) is 3.56. The summed E-state index contributed by atoms with van der Waals surface area (Å²) < 4.78 is 2.23. The molecule has 0 spiro atoms. The minimum absolute atomic E-state index is 0.581. The first-order valence-electron chi connectivity index (χ1n) is 7.20. The van der Waals surface area contributed by atoms with Crippen LogP contribution in [-0.2, 0) is 6.54 Å². The van der Waals surface area contributed by atoms with Crippen molar-refractivity contribution >= 4 is 5.95 Å². The Bertz CT molecular complexity index is 358. The van der Waals surface area contributed by atoms with E-state index in [0.717, 1.165) is 38.0 Å². The number of rotatable bonds is 5. The quantitative estimate of drug-likeness (QED) is 0.869. The Hall–Kier alpha value is -1.03. The summed E-state index contributed by atoms with van der Waals surface area (Å²) >= 11 is 0. The molecule has 0 amide bonds. The van der Waals surface area contributed by atoms with Crippen LogP contribution in [0.4, 0.5) is 5.95 Å². The fourth-order valence-corrected chi connectivity index (χ4v) is 2.65. The van der Waals surface area contributed by atoms with Crippen LogP contribution in [0.25, 0.3) is 0 Å². The van der Waals surface area contributed by atoms with E-state index in [9.17, 15) is 0 Å². The molecule has 1 saturated heterocycles. The number of aryl methyl sites for hydroxylation is 1. The molecule has 1 atom stereocenters. The van der Waals surface area contributed by atoms with Crippen LogP contribution in [0, 0.1) is 5.92 Å². The molecule has 1 unspecified atom stereocenters. The number of hydrogen-bond acceptors (Lipinski definition) is 3. The number of nitrogens with one attached hydrogen (secondary N) is 1. The number of piperidine rings is 1. The lowest BCUT2D eigenvalue weighted by molar-refractivity contribution is 0.375. The van der Waals surface area contributed by atoms with Crippen molar-refractivity contribution in [1.82, 2.24) is 14.9 Å². The highest BCUT2D eigenvalue weighted by molar-refractivity contribution is 5.32. The number of hydrogen-bond donors (Lipinski definition) is 1. The van der Waals surface area contributed by atoms with E-state index in [1.165, 1.54) is 12.8 Å². The molecular formula is C14H26N4. The summed E-state index contributed by atoms with van der Waals surface area (Å²) in [6, 6.07) is 0.581. The lowest BCUT2D eigenvalue weighted by Gasteiger charge is -2.34. The molecule has 0 aliphatic carbocycles. The Morgan fingerprint density at radius 2 is 2.33 bits per heavy atom. The SMILES string of the molecule is CCn1ccnc1N1CCCC(CNC(C)C)C1. The van der Waals surface area contributed by atoms with Gasteiger partial charge in [-0.3, -0.25) is 0 Å². The molecule has 1 N–H and O–H groups in total. The molecule has 4 heteroatoms. The molecule has 18 heavy (non-hydrogen) atoms. The lowest BCUT2D eigenvalue weighted by Crippen LogP contribution is -2.42. The minimum atomic E-state index is 0.581. The first-order valence-corrected chi connectivity index (χ1v) is 7.20. The molecule has 1 aliphatic rings. The first kappa shape index (κ1) is 13.4. The van der Waals surface area contributed by atoms with Crippen molar-refractivity contribution in [2.75, 3.05) is 24.5 Å². The summed E-state index contributed by atoms with van der Waals surface area (Å²) in [6.07, 6.45) is 6.60. The van der Waals surface area contributed by atoms with E-state index in [4.69, 9.17) is 0 Å². The van der Waals surface area contributed by atoms with Gasteiger partial charge in [0.1, 0.15) is 0 Å². The smallest absolute Gasteiger partial charge is 0.205 e. The van der Waals surface area contributed by atoms with E-state index in [1.807, 2.05) is 6.20 Å². The van der Waals surface area contributed by atoms with Gasteiger partial charge < -0.3 is 14.8 Å². The second kappa shape index (κ2) is 6.23. The molecule has 102 valence electrons. The standard InChI is InChI=1S/C14H26N4/c1-4-17-9-7-15-14(17)18-8-5-6-13(11-18)10-16-12(2)3/h7,9,12-13,16H,4-6,8,10-11H2,1-3H3. The monoisotopic (exact) mass is 250 g/mol. The molecule has 2 heterocycles. The Kier molecular flexibility index (Phi) is 4.64. The predicted molar refractivity (Wildman–Crippen MR) is 76.0 cm³/mol. The number of anilines is 1. The van der Waals surface area contributed by atoms with Crippen LogP contribution < -0.4 is 10.2 Å². The summed E-state index contributed by atoms with van der Waals surface area (Å²) in [7, 11) is 0. The Balaban J connectivity index is 1.94. The minimum Gasteiger partial charge on any atom is -0.342 e. The van der Waals surface area contributed by atoms with Crippen LogP contribution >= 0.6 is 0 Å². The van der Waals surface area contributed by atoms with E-state index in [0.29, 0.717) is 6.04 Å². The maximum absolute atomic E-state index is 4.51. The van der Waals surface area contributed by atoms with Gasteiger partial charge >= 0.3 is 0 Å². The Morgan fingerprint density at radius 1 is 1.50 bits per heavy atom. The fourth-order valence-electron chi connectivity index (χ4n) is 2.65. The summed E-state index contributed by atoms with van der Waals surface area (Å²) in [5.41, 5.74) is 0. The number of imidazole rings is 1. The first-order chi connectivity index (χ1) is 8.70. The van der Waals surface area contributed by atoms with E-state index >= 15 is 0 Å². The zero-order chi connectivity index (χ0) is 13.0. The van der Waals surface area contributed by atoms with Crippen LogP contribution in [0.1, 0.15) is 33.6 Å². The second-order valence-electron chi connectivity index (χ2n) is 5.53. The van der Waals surface area contributed by atoms with Crippen molar-refractivity contribution in [2.45, 2.75) is 46.2 Å². The van der Waals surface area contributed by atoms with Crippen LogP contribution in [0.3, 0.4) is 0 Å².